The maximum Gasteiger partial charge on any atom is 0.416 e. The molecule has 0 bridgehead atoms. The third kappa shape index (κ3) is 5.01. The van der Waals surface area contributed by atoms with E-state index in [4.69, 9.17) is 23.2 Å². The summed E-state index contributed by atoms with van der Waals surface area (Å²) in [7, 11) is 0. The number of hydrogen-bond donors (Lipinski definition) is 2. The van der Waals surface area contributed by atoms with E-state index in [1.54, 1.807) is 12.1 Å². The Morgan fingerprint density at radius 3 is 2.17 bits per heavy atom. The maximum atomic E-state index is 12.9. The van der Waals surface area contributed by atoms with Crippen molar-refractivity contribution in [2.24, 2.45) is 0 Å². The molecule has 2 N–H and O–H groups in total. The summed E-state index contributed by atoms with van der Waals surface area (Å²) in [5.74, 6) is -2.09. The molecule has 0 radical (unpaired) electrons. The van der Waals surface area contributed by atoms with Gasteiger partial charge >= 0.3 is 6.18 Å². The molecule has 1 heterocycles. The van der Waals surface area contributed by atoms with Crippen molar-refractivity contribution in [2.45, 2.75) is 6.18 Å². The van der Waals surface area contributed by atoms with Gasteiger partial charge in [-0.2, -0.15) is 13.2 Å². The third-order valence-corrected chi connectivity index (χ3v) is 5.66. The van der Waals surface area contributed by atoms with E-state index < -0.39 is 29.5 Å². The lowest BCUT2D eigenvalue weighted by Gasteiger charge is -2.16. The maximum absolute atomic E-state index is 12.9. The molecule has 0 saturated carbocycles. The number of anilines is 3. The molecule has 0 atom stereocenters. The van der Waals surface area contributed by atoms with Crippen molar-refractivity contribution in [3.63, 3.8) is 0 Å². The first-order valence-corrected chi connectivity index (χ1v) is 10.7. The van der Waals surface area contributed by atoms with Crippen molar-refractivity contribution < 1.29 is 27.6 Å². The first-order valence-electron chi connectivity index (χ1n) is 9.95. The summed E-state index contributed by atoms with van der Waals surface area (Å²) in [4.78, 5) is 38.7. The topological polar surface area (TPSA) is 78.5 Å². The Morgan fingerprint density at radius 1 is 0.829 bits per heavy atom. The van der Waals surface area contributed by atoms with E-state index in [0.29, 0.717) is 5.69 Å². The summed E-state index contributed by atoms with van der Waals surface area (Å²) in [6, 6.07) is 16.2. The molecular formula is C24H14Cl2F3N3O3. The number of carbonyl (C=O) groups is 3. The predicted molar refractivity (Wildman–Crippen MR) is 126 cm³/mol. The van der Waals surface area contributed by atoms with Gasteiger partial charge in [-0.3, -0.25) is 14.4 Å². The van der Waals surface area contributed by atoms with Crippen LogP contribution in [0, 0.1) is 0 Å². The first kappa shape index (κ1) is 24.3. The Bertz CT molecular complexity index is 1370. The molecule has 0 fully saturated rings. The normalized spacial score (nSPS) is 13.9. The fraction of sp³-hybridized carbons (Fsp3) is 0.0417. The molecule has 11 heteroatoms. The van der Waals surface area contributed by atoms with Crippen LogP contribution in [-0.2, 0) is 15.8 Å². The molecule has 178 valence electrons. The number of para-hydroxylation sites is 1. The number of benzene rings is 3. The summed E-state index contributed by atoms with van der Waals surface area (Å²) in [5.41, 5.74) is -0.394. The summed E-state index contributed by atoms with van der Waals surface area (Å²) >= 11 is 12.2. The number of imide groups is 1. The monoisotopic (exact) mass is 519 g/mol. The van der Waals surface area contributed by atoms with Crippen LogP contribution in [-0.4, -0.2) is 17.7 Å². The van der Waals surface area contributed by atoms with E-state index >= 15 is 0 Å². The highest BCUT2D eigenvalue weighted by Gasteiger charge is 2.39. The quantitative estimate of drug-likeness (QED) is 0.402. The number of amides is 3. The molecule has 0 aliphatic carbocycles. The average molecular weight is 520 g/mol. The molecule has 4 rings (SSSR count). The Balaban J connectivity index is 1.48. The molecule has 0 aromatic heterocycles. The molecule has 0 unspecified atom stereocenters. The molecule has 6 nitrogen and oxygen atoms in total. The van der Waals surface area contributed by atoms with Crippen LogP contribution in [0.5, 0.6) is 0 Å². The van der Waals surface area contributed by atoms with Crippen LogP contribution in [0.3, 0.4) is 0 Å². The summed E-state index contributed by atoms with van der Waals surface area (Å²) in [6.07, 6.45) is -4.54. The molecule has 35 heavy (non-hydrogen) atoms. The largest absolute Gasteiger partial charge is 0.416 e. The van der Waals surface area contributed by atoms with Gasteiger partial charge in [-0.1, -0.05) is 41.4 Å². The number of nitrogens with zero attached hydrogens (tertiary/aromatic N) is 1. The van der Waals surface area contributed by atoms with Gasteiger partial charge in [0.15, 0.2) is 0 Å². The van der Waals surface area contributed by atoms with E-state index in [0.717, 1.165) is 17.0 Å². The van der Waals surface area contributed by atoms with E-state index in [-0.39, 0.29) is 32.7 Å². The zero-order valence-corrected chi connectivity index (χ0v) is 19.0. The summed E-state index contributed by atoms with van der Waals surface area (Å²) in [5, 5.41) is 5.03. The number of nitrogens with one attached hydrogen (secondary N) is 2. The molecule has 3 amide bonds. The van der Waals surface area contributed by atoms with Crippen LogP contribution in [0.25, 0.3) is 0 Å². The minimum absolute atomic E-state index is 0.0151. The van der Waals surface area contributed by atoms with E-state index in [1.165, 1.54) is 48.5 Å². The molecule has 0 saturated heterocycles. The molecular weight excluding hydrogens is 506 g/mol. The van der Waals surface area contributed by atoms with E-state index in [9.17, 15) is 27.6 Å². The van der Waals surface area contributed by atoms with Crippen molar-refractivity contribution in [1.82, 2.24) is 0 Å². The second kappa shape index (κ2) is 9.44. The van der Waals surface area contributed by atoms with Crippen molar-refractivity contribution >= 4 is 58.0 Å². The Morgan fingerprint density at radius 2 is 1.51 bits per heavy atom. The van der Waals surface area contributed by atoms with E-state index in [1.807, 2.05) is 0 Å². The average Bonchev–Trinajstić information content (AvgIpc) is 3.02. The molecule has 0 spiro atoms. The minimum Gasteiger partial charge on any atom is -0.350 e. The predicted octanol–water partition coefficient (Wildman–Crippen LogP) is 6.05. The van der Waals surface area contributed by atoms with Crippen LogP contribution in [0.1, 0.15) is 15.9 Å². The number of carbonyl (C=O) groups excluding carboxylic acids is 3. The zero-order valence-electron chi connectivity index (χ0n) is 17.5. The summed E-state index contributed by atoms with van der Waals surface area (Å²) < 4.78 is 38.6. The molecule has 3 aromatic carbocycles. The zero-order chi connectivity index (χ0) is 25.3. The highest BCUT2D eigenvalue weighted by Crippen LogP contribution is 2.34. The third-order valence-electron chi connectivity index (χ3n) is 4.98. The second-order valence-electron chi connectivity index (χ2n) is 7.32. The number of alkyl halides is 3. The first-order chi connectivity index (χ1) is 16.6. The fourth-order valence-corrected chi connectivity index (χ4v) is 3.72. The minimum atomic E-state index is -4.54. The number of rotatable bonds is 5. The van der Waals surface area contributed by atoms with Crippen molar-refractivity contribution in [3.8, 4) is 0 Å². The van der Waals surface area contributed by atoms with Gasteiger partial charge in [-0.05, 0) is 54.6 Å². The standard InChI is InChI=1S/C24H14Cl2F3N3O3/c25-17-6-1-2-7-18(17)32-22(34)19(26)20(23(32)35)30-15-10-8-13(9-11-15)21(33)31-16-5-3-4-14(12-16)24(27,28)29/h1-12,30H,(H,31,33). The van der Waals surface area contributed by atoms with E-state index in [2.05, 4.69) is 10.6 Å². The Kier molecular flexibility index (Phi) is 6.56. The molecule has 3 aromatic rings. The van der Waals surface area contributed by atoms with Gasteiger partial charge in [-0.15, -0.1) is 0 Å². The SMILES string of the molecule is O=C(Nc1cccc(C(F)(F)F)c1)c1ccc(NC2=C(Cl)C(=O)N(c3ccccc3Cl)C2=O)cc1. The van der Waals surface area contributed by atoms with Gasteiger partial charge in [-0.25, -0.2) is 4.90 Å². The van der Waals surface area contributed by atoms with Crippen molar-refractivity contribution in [1.29, 1.82) is 0 Å². The highest BCUT2D eigenvalue weighted by atomic mass is 35.5. The van der Waals surface area contributed by atoms with Crippen LogP contribution in [0.2, 0.25) is 5.02 Å². The van der Waals surface area contributed by atoms with Gasteiger partial charge in [0.05, 0.1) is 16.3 Å². The van der Waals surface area contributed by atoms with Crippen molar-refractivity contribution in [2.75, 3.05) is 15.5 Å². The number of halogens is 5. The Hall–Kier alpha value is -3.82. The van der Waals surface area contributed by atoms with Crippen LogP contribution < -0.4 is 15.5 Å². The van der Waals surface area contributed by atoms with Gasteiger partial charge in [0.2, 0.25) is 0 Å². The van der Waals surface area contributed by atoms with Gasteiger partial charge < -0.3 is 10.6 Å². The fourth-order valence-electron chi connectivity index (χ4n) is 3.29. The van der Waals surface area contributed by atoms with Crippen LogP contribution in [0.4, 0.5) is 30.2 Å². The van der Waals surface area contributed by atoms with Gasteiger partial charge in [0.25, 0.3) is 17.7 Å². The lowest BCUT2D eigenvalue weighted by Crippen LogP contribution is -2.32. The molecule has 1 aliphatic heterocycles. The molecule has 1 aliphatic rings. The van der Waals surface area contributed by atoms with Crippen molar-refractivity contribution in [3.05, 3.63) is 99.7 Å². The van der Waals surface area contributed by atoms with Gasteiger partial charge in [0, 0.05) is 16.9 Å². The number of hydrogen-bond acceptors (Lipinski definition) is 4. The van der Waals surface area contributed by atoms with Crippen LogP contribution in [0.15, 0.2) is 83.5 Å². The highest BCUT2D eigenvalue weighted by molar-refractivity contribution is 6.53. The lowest BCUT2D eigenvalue weighted by molar-refractivity contribution is -0.137. The van der Waals surface area contributed by atoms with Crippen LogP contribution >= 0.6 is 23.2 Å². The van der Waals surface area contributed by atoms with Gasteiger partial charge in [0.1, 0.15) is 10.7 Å². The Labute approximate surface area is 206 Å². The smallest absolute Gasteiger partial charge is 0.350 e. The summed E-state index contributed by atoms with van der Waals surface area (Å²) in [6.45, 7) is 0. The lowest BCUT2D eigenvalue weighted by atomic mass is 10.1. The second-order valence-corrected chi connectivity index (χ2v) is 8.11.